The molecule has 2 rings (SSSR count). The minimum atomic E-state index is -0.487. The molecular weight excluding hydrogens is 355 g/mol. The normalized spacial score (nSPS) is 12.9. The Morgan fingerprint density at radius 1 is 1.53 bits per heavy atom. The Kier molecular flexibility index (Phi) is 4.43. The average Bonchev–Trinajstić information content (AvgIpc) is 2.70. The number of rotatable bonds is 3. The van der Waals surface area contributed by atoms with Crippen LogP contribution in [-0.2, 0) is 4.79 Å². The minimum absolute atomic E-state index is 0.153. The fourth-order valence-corrected chi connectivity index (χ4v) is 2.79. The molecule has 1 N–H and O–H groups in total. The lowest BCUT2D eigenvalue weighted by Crippen LogP contribution is -2.26. The standard InChI is InChI=1S/C12H11BrClFN2OS/c1-5(2)9(13)11(18)17-12-16-10-7(15)3-6(14)4-8(10)19-12/h3-5,9H,1-2H3,(H,16,17,18)/t9-/m1/s1. The lowest BCUT2D eigenvalue weighted by molar-refractivity contribution is -0.116. The first kappa shape index (κ1) is 14.7. The van der Waals surface area contributed by atoms with Crippen molar-refractivity contribution in [3.05, 3.63) is 23.0 Å². The zero-order chi connectivity index (χ0) is 14.2. The van der Waals surface area contributed by atoms with E-state index in [4.69, 9.17) is 11.6 Å². The molecule has 1 aromatic heterocycles. The van der Waals surface area contributed by atoms with Gasteiger partial charge in [0.1, 0.15) is 5.52 Å². The number of carbonyl (C=O) groups excluding carboxylic acids is 1. The highest BCUT2D eigenvalue weighted by Crippen LogP contribution is 2.31. The van der Waals surface area contributed by atoms with Crippen LogP contribution in [0.25, 0.3) is 10.2 Å². The van der Waals surface area contributed by atoms with Crippen LogP contribution in [0.3, 0.4) is 0 Å². The van der Waals surface area contributed by atoms with Gasteiger partial charge in [0.15, 0.2) is 10.9 Å². The number of alkyl halides is 1. The third-order valence-corrected chi connectivity index (χ3v) is 5.09. The van der Waals surface area contributed by atoms with E-state index < -0.39 is 5.82 Å². The van der Waals surface area contributed by atoms with Crippen molar-refractivity contribution in [2.75, 3.05) is 5.32 Å². The van der Waals surface area contributed by atoms with Crippen molar-refractivity contribution in [2.24, 2.45) is 5.92 Å². The van der Waals surface area contributed by atoms with Gasteiger partial charge in [0.2, 0.25) is 5.91 Å². The Morgan fingerprint density at radius 2 is 2.21 bits per heavy atom. The Hall–Kier alpha value is -0.720. The molecular formula is C12H11BrClFN2OS. The minimum Gasteiger partial charge on any atom is -0.301 e. The highest BCUT2D eigenvalue weighted by molar-refractivity contribution is 9.10. The number of aromatic nitrogens is 1. The van der Waals surface area contributed by atoms with E-state index in [2.05, 4.69) is 26.2 Å². The topological polar surface area (TPSA) is 42.0 Å². The molecule has 1 atom stereocenters. The van der Waals surface area contributed by atoms with E-state index in [1.807, 2.05) is 13.8 Å². The molecule has 7 heteroatoms. The Labute approximate surface area is 127 Å². The van der Waals surface area contributed by atoms with E-state index in [-0.39, 0.29) is 22.2 Å². The van der Waals surface area contributed by atoms with Crippen LogP contribution in [0.5, 0.6) is 0 Å². The summed E-state index contributed by atoms with van der Waals surface area (Å²) in [5, 5.41) is 3.35. The van der Waals surface area contributed by atoms with Crippen LogP contribution >= 0.6 is 38.9 Å². The fraction of sp³-hybridized carbons (Fsp3) is 0.333. The molecule has 0 saturated carbocycles. The van der Waals surface area contributed by atoms with Crippen LogP contribution in [-0.4, -0.2) is 15.7 Å². The van der Waals surface area contributed by atoms with Gasteiger partial charge in [0.05, 0.1) is 9.53 Å². The van der Waals surface area contributed by atoms with Gasteiger partial charge in [-0.05, 0) is 18.1 Å². The number of hydrogen-bond donors (Lipinski definition) is 1. The van der Waals surface area contributed by atoms with Crippen LogP contribution in [0.15, 0.2) is 12.1 Å². The second kappa shape index (κ2) is 5.73. The number of anilines is 1. The first-order valence-electron chi connectivity index (χ1n) is 5.59. The van der Waals surface area contributed by atoms with Crippen molar-refractivity contribution in [3.8, 4) is 0 Å². The smallest absolute Gasteiger partial charge is 0.240 e. The first-order chi connectivity index (χ1) is 8.88. The summed E-state index contributed by atoms with van der Waals surface area (Å²) < 4.78 is 14.2. The van der Waals surface area contributed by atoms with Gasteiger partial charge in [-0.25, -0.2) is 9.37 Å². The third kappa shape index (κ3) is 3.24. The zero-order valence-corrected chi connectivity index (χ0v) is 13.4. The van der Waals surface area contributed by atoms with Gasteiger partial charge in [-0.2, -0.15) is 0 Å². The molecule has 1 aromatic carbocycles. The van der Waals surface area contributed by atoms with Crippen molar-refractivity contribution in [2.45, 2.75) is 18.7 Å². The number of benzene rings is 1. The summed E-state index contributed by atoms with van der Waals surface area (Å²) in [4.78, 5) is 15.6. The number of carbonyl (C=O) groups is 1. The van der Waals surface area contributed by atoms with Crippen LogP contribution < -0.4 is 5.32 Å². The molecule has 1 heterocycles. The van der Waals surface area contributed by atoms with Gasteiger partial charge in [-0.15, -0.1) is 0 Å². The molecule has 0 unspecified atom stereocenters. The van der Waals surface area contributed by atoms with E-state index in [1.165, 1.54) is 17.4 Å². The quantitative estimate of drug-likeness (QED) is 0.817. The number of hydrogen-bond acceptors (Lipinski definition) is 3. The van der Waals surface area contributed by atoms with Gasteiger partial charge in [-0.3, -0.25) is 4.79 Å². The molecule has 0 spiro atoms. The summed E-state index contributed by atoms with van der Waals surface area (Å²) >= 11 is 10.3. The van der Waals surface area contributed by atoms with Gasteiger partial charge in [-0.1, -0.05) is 52.7 Å². The van der Waals surface area contributed by atoms with E-state index >= 15 is 0 Å². The number of nitrogens with zero attached hydrogens (tertiary/aromatic N) is 1. The summed E-state index contributed by atoms with van der Waals surface area (Å²) in [6.45, 7) is 3.85. The SMILES string of the molecule is CC(C)[C@@H](Br)C(=O)Nc1nc2c(F)cc(Cl)cc2s1. The Bertz CT molecular complexity index is 631. The number of thiazole rings is 1. The molecule has 0 fully saturated rings. The van der Waals surface area contributed by atoms with Crippen LogP contribution in [0.4, 0.5) is 9.52 Å². The molecule has 0 aliphatic carbocycles. The van der Waals surface area contributed by atoms with Crippen LogP contribution in [0, 0.1) is 11.7 Å². The summed E-state index contributed by atoms with van der Waals surface area (Å²) in [7, 11) is 0. The lowest BCUT2D eigenvalue weighted by atomic mass is 10.1. The zero-order valence-electron chi connectivity index (χ0n) is 10.2. The van der Waals surface area contributed by atoms with Crippen molar-refractivity contribution in [1.29, 1.82) is 0 Å². The molecule has 0 bridgehead atoms. The summed E-state index contributed by atoms with van der Waals surface area (Å²) in [5.74, 6) is -0.528. The summed E-state index contributed by atoms with van der Waals surface area (Å²) in [6, 6.07) is 2.83. The predicted molar refractivity (Wildman–Crippen MR) is 80.8 cm³/mol. The van der Waals surface area contributed by atoms with E-state index in [0.29, 0.717) is 14.9 Å². The Balaban J connectivity index is 2.27. The van der Waals surface area contributed by atoms with Gasteiger partial charge in [0, 0.05) is 5.02 Å². The maximum atomic E-state index is 13.6. The van der Waals surface area contributed by atoms with Crippen LogP contribution in [0.2, 0.25) is 5.02 Å². The van der Waals surface area contributed by atoms with Crippen molar-refractivity contribution >= 4 is 60.1 Å². The maximum Gasteiger partial charge on any atom is 0.240 e. The number of amides is 1. The second-order valence-electron chi connectivity index (χ2n) is 4.39. The molecule has 19 heavy (non-hydrogen) atoms. The molecule has 0 radical (unpaired) electrons. The molecule has 102 valence electrons. The molecule has 0 aliphatic rings. The molecule has 1 amide bonds. The molecule has 2 aromatic rings. The third-order valence-electron chi connectivity index (χ3n) is 2.48. The van der Waals surface area contributed by atoms with Crippen molar-refractivity contribution in [1.82, 2.24) is 4.98 Å². The Morgan fingerprint density at radius 3 is 2.84 bits per heavy atom. The van der Waals surface area contributed by atoms with Gasteiger partial charge >= 0.3 is 0 Å². The highest BCUT2D eigenvalue weighted by Gasteiger charge is 2.20. The molecule has 3 nitrogen and oxygen atoms in total. The molecule has 0 aliphatic heterocycles. The summed E-state index contributed by atoms with van der Waals surface area (Å²) in [6.07, 6.45) is 0. The van der Waals surface area contributed by atoms with Crippen molar-refractivity contribution < 1.29 is 9.18 Å². The number of halogens is 3. The summed E-state index contributed by atoms with van der Waals surface area (Å²) in [5.41, 5.74) is 0.223. The average molecular weight is 366 g/mol. The van der Waals surface area contributed by atoms with E-state index in [1.54, 1.807) is 6.07 Å². The fourth-order valence-electron chi connectivity index (χ4n) is 1.49. The highest BCUT2D eigenvalue weighted by atomic mass is 79.9. The van der Waals surface area contributed by atoms with E-state index in [9.17, 15) is 9.18 Å². The lowest BCUT2D eigenvalue weighted by Gasteiger charge is -2.11. The number of fused-ring (bicyclic) bond motifs is 1. The number of nitrogens with one attached hydrogen (secondary N) is 1. The molecule has 0 saturated heterocycles. The van der Waals surface area contributed by atoms with Gasteiger partial charge in [0.25, 0.3) is 0 Å². The monoisotopic (exact) mass is 364 g/mol. The van der Waals surface area contributed by atoms with Crippen molar-refractivity contribution in [3.63, 3.8) is 0 Å². The second-order valence-corrected chi connectivity index (χ2v) is 6.84. The predicted octanol–water partition coefficient (Wildman–Crippen LogP) is 4.45. The van der Waals surface area contributed by atoms with Gasteiger partial charge < -0.3 is 5.32 Å². The first-order valence-corrected chi connectivity index (χ1v) is 7.70. The largest absolute Gasteiger partial charge is 0.301 e. The maximum absolute atomic E-state index is 13.6. The van der Waals surface area contributed by atoms with Crippen LogP contribution in [0.1, 0.15) is 13.8 Å². The van der Waals surface area contributed by atoms with E-state index in [0.717, 1.165) is 0 Å².